The predicted molar refractivity (Wildman–Crippen MR) is 55.9 cm³/mol. The highest BCUT2D eigenvalue weighted by Gasteiger charge is 2.27. The first-order valence-corrected chi connectivity index (χ1v) is 5.89. The zero-order valence-corrected chi connectivity index (χ0v) is 9.77. The first-order valence-electron chi connectivity index (χ1n) is 4.37. The molecule has 1 N–H and O–H groups in total. The molecule has 0 saturated heterocycles. The number of hydrogen-bond acceptors (Lipinski definition) is 2. The minimum atomic E-state index is -4.13. The van der Waals surface area contributed by atoms with Crippen LogP contribution in [0.3, 0.4) is 0 Å². The number of alkyl halides is 4. The lowest BCUT2D eigenvalue weighted by Gasteiger charge is -2.19. The molecule has 0 rings (SSSR count). The summed E-state index contributed by atoms with van der Waals surface area (Å²) in [6.45, 7) is 4.30. The van der Waals surface area contributed by atoms with Crippen molar-refractivity contribution in [3.05, 3.63) is 0 Å². The molecule has 0 aromatic heterocycles. The Hall–Kier alpha value is 0.390. The van der Waals surface area contributed by atoms with Crippen LogP contribution in [0.2, 0.25) is 0 Å². The first-order chi connectivity index (χ1) is 6.37. The molecule has 14 heavy (non-hydrogen) atoms. The van der Waals surface area contributed by atoms with Gasteiger partial charge < -0.3 is 5.32 Å². The van der Waals surface area contributed by atoms with E-state index in [9.17, 15) is 13.2 Å². The largest absolute Gasteiger partial charge is 0.441 e. The smallest absolute Gasteiger partial charge is 0.312 e. The van der Waals surface area contributed by atoms with Crippen LogP contribution in [0.4, 0.5) is 13.2 Å². The van der Waals surface area contributed by atoms with Gasteiger partial charge in [0, 0.05) is 24.2 Å². The predicted octanol–water partition coefficient (Wildman–Crippen LogP) is 3.09. The van der Waals surface area contributed by atoms with Crippen LogP contribution in [-0.2, 0) is 0 Å². The second-order valence-corrected chi connectivity index (χ2v) is 4.72. The Morgan fingerprint density at radius 1 is 1.36 bits per heavy atom. The Balaban J connectivity index is 3.52. The molecule has 0 amide bonds. The molecule has 0 aliphatic rings. The van der Waals surface area contributed by atoms with Crippen molar-refractivity contribution < 1.29 is 13.2 Å². The molecule has 0 bridgehead atoms. The fourth-order valence-corrected chi connectivity index (χ4v) is 1.80. The van der Waals surface area contributed by atoms with Gasteiger partial charge in [-0.1, -0.05) is 13.8 Å². The molecule has 0 saturated carbocycles. The van der Waals surface area contributed by atoms with E-state index in [2.05, 4.69) is 5.32 Å². The monoisotopic (exact) mass is 249 g/mol. The van der Waals surface area contributed by atoms with E-state index < -0.39 is 5.51 Å². The Kier molecular flexibility index (Phi) is 6.99. The van der Waals surface area contributed by atoms with Gasteiger partial charge in [0.2, 0.25) is 0 Å². The van der Waals surface area contributed by atoms with Crippen molar-refractivity contribution >= 4 is 23.4 Å². The van der Waals surface area contributed by atoms with E-state index in [1.54, 1.807) is 0 Å². The van der Waals surface area contributed by atoms with Crippen LogP contribution in [0, 0.1) is 5.92 Å². The van der Waals surface area contributed by atoms with Crippen molar-refractivity contribution in [2.45, 2.75) is 25.4 Å². The molecular formula is C8H15ClF3NS. The van der Waals surface area contributed by atoms with Gasteiger partial charge in [0.15, 0.2) is 0 Å². The number of thioether (sulfide) groups is 1. The van der Waals surface area contributed by atoms with Crippen LogP contribution in [0.1, 0.15) is 13.8 Å². The Morgan fingerprint density at radius 2 is 1.93 bits per heavy atom. The van der Waals surface area contributed by atoms with Gasteiger partial charge in [-0.05, 0) is 17.7 Å². The van der Waals surface area contributed by atoms with Gasteiger partial charge in [-0.3, -0.25) is 0 Å². The average Bonchev–Trinajstić information content (AvgIpc) is 2.01. The van der Waals surface area contributed by atoms with Gasteiger partial charge in [0.05, 0.1) is 0 Å². The van der Waals surface area contributed by atoms with E-state index >= 15 is 0 Å². The third-order valence-electron chi connectivity index (χ3n) is 1.75. The summed E-state index contributed by atoms with van der Waals surface area (Å²) in [5, 5.41) is 2.99. The number of rotatable bonds is 6. The van der Waals surface area contributed by atoms with Gasteiger partial charge in [0.25, 0.3) is 0 Å². The van der Waals surface area contributed by atoms with E-state index in [0.29, 0.717) is 18.3 Å². The topological polar surface area (TPSA) is 12.0 Å². The molecular weight excluding hydrogens is 235 g/mol. The highest BCUT2D eigenvalue weighted by atomic mass is 35.5. The van der Waals surface area contributed by atoms with E-state index in [0.717, 1.165) is 0 Å². The van der Waals surface area contributed by atoms with Crippen LogP contribution < -0.4 is 5.32 Å². The molecule has 1 unspecified atom stereocenters. The maximum absolute atomic E-state index is 11.7. The summed E-state index contributed by atoms with van der Waals surface area (Å²) in [5.74, 6) is 0.793. The highest BCUT2D eigenvalue weighted by molar-refractivity contribution is 8.00. The highest BCUT2D eigenvalue weighted by Crippen LogP contribution is 2.29. The second-order valence-electron chi connectivity index (χ2n) is 3.25. The number of halogens is 4. The molecule has 0 aliphatic heterocycles. The van der Waals surface area contributed by atoms with Gasteiger partial charge in [-0.15, -0.1) is 11.6 Å². The number of hydrogen-bond donors (Lipinski definition) is 1. The van der Waals surface area contributed by atoms with E-state index in [1.165, 1.54) is 0 Å². The molecule has 6 heteroatoms. The summed E-state index contributed by atoms with van der Waals surface area (Å²) in [6, 6.07) is 0.0884. The first kappa shape index (κ1) is 14.4. The lowest BCUT2D eigenvalue weighted by Crippen LogP contribution is -2.37. The van der Waals surface area contributed by atoms with E-state index in [1.807, 2.05) is 13.8 Å². The fraction of sp³-hybridized carbons (Fsp3) is 1.00. The summed E-state index contributed by atoms with van der Waals surface area (Å²) >= 11 is 5.63. The minimum absolute atomic E-state index is 0.00783. The Labute approximate surface area is 91.8 Å². The lowest BCUT2D eigenvalue weighted by molar-refractivity contribution is -0.0327. The van der Waals surface area contributed by atoms with Crippen molar-refractivity contribution in [1.82, 2.24) is 5.32 Å². The third-order valence-corrected chi connectivity index (χ3v) is 2.81. The summed E-state index contributed by atoms with van der Waals surface area (Å²) in [7, 11) is 0. The van der Waals surface area contributed by atoms with E-state index in [-0.39, 0.29) is 23.6 Å². The zero-order chi connectivity index (χ0) is 11.2. The van der Waals surface area contributed by atoms with Gasteiger partial charge >= 0.3 is 5.51 Å². The molecule has 0 aromatic carbocycles. The Bertz CT molecular complexity index is 152. The van der Waals surface area contributed by atoms with Crippen molar-refractivity contribution in [2.75, 3.05) is 18.2 Å². The van der Waals surface area contributed by atoms with Gasteiger partial charge in [0.1, 0.15) is 0 Å². The maximum Gasteiger partial charge on any atom is 0.441 e. The molecule has 0 aliphatic carbocycles. The fourth-order valence-electron chi connectivity index (χ4n) is 0.880. The zero-order valence-electron chi connectivity index (χ0n) is 8.20. The van der Waals surface area contributed by atoms with Crippen molar-refractivity contribution in [3.63, 3.8) is 0 Å². The van der Waals surface area contributed by atoms with Gasteiger partial charge in [-0.25, -0.2) is 0 Å². The van der Waals surface area contributed by atoms with Crippen LogP contribution in [-0.4, -0.2) is 29.7 Å². The van der Waals surface area contributed by atoms with Crippen molar-refractivity contribution in [3.8, 4) is 0 Å². The maximum atomic E-state index is 11.7. The van der Waals surface area contributed by atoms with Gasteiger partial charge in [-0.2, -0.15) is 13.2 Å². The summed E-state index contributed by atoms with van der Waals surface area (Å²) in [5.41, 5.74) is -4.13. The molecule has 0 aromatic rings. The molecule has 0 fully saturated rings. The molecule has 1 nitrogen and oxygen atoms in total. The van der Waals surface area contributed by atoms with Crippen LogP contribution >= 0.6 is 23.4 Å². The quantitative estimate of drug-likeness (QED) is 0.574. The van der Waals surface area contributed by atoms with Crippen LogP contribution in [0.25, 0.3) is 0 Å². The molecule has 0 spiro atoms. The Morgan fingerprint density at radius 3 is 2.29 bits per heavy atom. The summed E-state index contributed by atoms with van der Waals surface area (Å²) in [4.78, 5) is 0. The average molecular weight is 250 g/mol. The normalized spacial score (nSPS) is 14.8. The minimum Gasteiger partial charge on any atom is -0.312 e. The van der Waals surface area contributed by atoms with Crippen LogP contribution in [0.5, 0.6) is 0 Å². The SMILES string of the molecule is CC(C)C(CCl)NCCSC(F)(F)F. The standard InChI is InChI=1S/C8H15ClF3NS/c1-6(2)7(5-9)13-3-4-14-8(10,11)12/h6-7,13H,3-5H2,1-2H3. The summed E-state index contributed by atoms with van der Waals surface area (Å²) in [6.07, 6.45) is 0. The van der Waals surface area contributed by atoms with Crippen molar-refractivity contribution in [2.24, 2.45) is 5.92 Å². The molecule has 0 heterocycles. The summed E-state index contributed by atoms with van der Waals surface area (Å²) < 4.78 is 35.2. The molecule has 0 radical (unpaired) electrons. The molecule has 1 atom stereocenters. The van der Waals surface area contributed by atoms with Crippen LogP contribution in [0.15, 0.2) is 0 Å². The van der Waals surface area contributed by atoms with Crippen molar-refractivity contribution in [1.29, 1.82) is 0 Å². The van der Waals surface area contributed by atoms with E-state index in [4.69, 9.17) is 11.6 Å². The second kappa shape index (κ2) is 6.80. The number of nitrogens with one attached hydrogen (secondary N) is 1. The third kappa shape index (κ3) is 7.76. The molecule has 86 valence electrons. The lowest BCUT2D eigenvalue weighted by atomic mass is 10.1.